The van der Waals surface area contributed by atoms with Gasteiger partial charge in [0.15, 0.2) is 0 Å². The molecule has 0 radical (unpaired) electrons. The number of nitrogens with one attached hydrogen (secondary N) is 1. The second-order valence-corrected chi connectivity index (χ2v) is 8.96. The molecule has 1 heterocycles. The van der Waals surface area contributed by atoms with Crippen LogP contribution in [-0.4, -0.2) is 20.4 Å². The van der Waals surface area contributed by atoms with E-state index < -0.39 is 9.05 Å². The molecule has 1 fully saturated rings. The highest BCUT2D eigenvalue weighted by Crippen LogP contribution is 2.27. The summed E-state index contributed by atoms with van der Waals surface area (Å²) in [6.45, 7) is 2.01. The van der Waals surface area contributed by atoms with Crippen molar-refractivity contribution in [3.63, 3.8) is 0 Å². The summed E-state index contributed by atoms with van der Waals surface area (Å²) in [4.78, 5) is 12.1. The summed E-state index contributed by atoms with van der Waals surface area (Å²) in [6.07, 6.45) is 6.01. The van der Waals surface area contributed by atoms with E-state index in [1.54, 1.807) is 0 Å². The van der Waals surface area contributed by atoms with E-state index >= 15 is 0 Å². The van der Waals surface area contributed by atoms with Crippen LogP contribution in [0.2, 0.25) is 0 Å². The van der Waals surface area contributed by atoms with Crippen molar-refractivity contribution in [3.05, 3.63) is 17.0 Å². The molecule has 7 heteroatoms. The Morgan fingerprint density at radius 2 is 2.05 bits per heavy atom. The van der Waals surface area contributed by atoms with Crippen LogP contribution in [0.5, 0.6) is 0 Å². The second-order valence-electron chi connectivity index (χ2n) is 5.25. The molecule has 1 aromatic rings. The third kappa shape index (κ3) is 3.96. The summed E-state index contributed by atoms with van der Waals surface area (Å²) in [5.41, 5.74) is 0.358. The maximum atomic E-state index is 12.1. The molecule has 0 bridgehead atoms. The Kier molecular flexibility index (Phi) is 5.09. The first kappa shape index (κ1) is 15.8. The number of hydrogen-bond acceptors (Lipinski definition) is 4. The van der Waals surface area contributed by atoms with Crippen molar-refractivity contribution in [2.24, 2.45) is 5.92 Å². The Hall–Kier alpha value is -0.590. The Morgan fingerprint density at radius 3 is 2.60 bits per heavy atom. The minimum atomic E-state index is -3.75. The van der Waals surface area contributed by atoms with E-state index in [1.165, 1.54) is 30.7 Å². The first-order valence-corrected chi connectivity index (χ1v) is 9.91. The van der Waals surface area contributed by atoms with Gasteiger partial charge in [0.25, 0.3) is 15.0 Å². The number of hydrogen-bond donors (Lipinski definition) is 1. The Morgan fingerprint density at radius 1 is 1.40 bits per heavy atom. The molecule has 1 aromatic heterocycles. The van der Waals surface area contributed by atoms with Gasteiger partial charge in [0.05, 0.1) is 5.56 Å². The van der Waals surface area contributed by atoms with Gasteiger partial charge in [-0.1, -0.05) is 19.3 Å². The Balaban J connectivity index is 1.99. The molecule has 1 aliphatic rings. The van der Waals surface area contributed by atoms with Crippen molar-refractivity contribution < 1.29 is 13.2 Å². The van der Waals surface area contributed by atoms with E-state index in [-0.39, 0.29) is 16.2 Å². The van der Waals surface area contributed by atoms with Crippen LogP contribution < -0.4 is 5.32 Å². The highest BCUT2D eigenvalue weighted by molar-refractivity contribution is 8.15. The van der Waals surface area contributed by atoms with Gasteiger partial charge in [-0.05, 0) is 31.7 Å². The molecule has 0 spiro atoms. The topological polar surface area (TPSA) is 63.2 Å². The van der Waals surface area contributed by atoms with Gasteiger partial charge >= 0.3 is 0 Å². The van der Waals surface area contributed by atoms with E-state index in [2.05, 4.69) is 5.32 Å². The fourth-order valence-corrected chi connectivity index (χ4v) is 4.55. The molecular weight excluding hydrogens is 318 g/mol. The normalized spacial score (nSPS) is 18.7. The van der Waals surface area contributed by atoms with Gasteiger partial charge in [0, 0.05) is 22.1 Å². The molecule has 1 atom stereocenters. The average molecular weight is 336 g/mol. The van der Waals surface area contributed by atoms with Crippen molar-refractivity contribution in [2.75, 3.05) is 0 Å². The van der Waals surface area contributed by atoms with Crippen LogP contribution in [0, 0.1) is 5.92 Å². The SMILES string of the molecule is CC(NC(=O)c1csc(S(=O)(=O)Cl)c1)C1CCCCC1. The monoisotopic (exact) mass is 335 g/mol. The lowest BCUT2D eigenvalue weighted by molar-refractivity contribution is 0.0919. The Labute approximate surface area is 127 Å². The highest BCUT2D eigenvalue weighted by atomic mass is 35.7. The van der Waals surface area contributed by atoms with Crippen molar-refractivity contribution in [2.45, 2.75) is 49.3 Å². The molecule has 0 saturated heterocycles. The number of carbonyl (C=O) groups is 1. The molecule has 0 aliphatic heterocycles. The lowest BCUT2D eigenvalue weighted by atomic mass is 9.84. The first-order valence-electron chi connectivity index (χ1n) is 6.72. The number of halogens is 1. The predicted molar refractivity (Wildman–Crippen MR) is 80.9 cm³/mol. The first-order chi connectivity index (χ1) is 9.38. The third-order valence-electron chi connectivity index (χ3n) is 3.79. The molecular formula is C13H18ClNO3S2. The molecule has 4 nitrogen and oxygen atoms in total. The van der Waals surface area contributed by atoms with Crippen LogP contribution in [0.3, 0.4) is 0 Å². The Bertz CT molecular complexity index is 576. The van der Waals surface area contributed by atoms with Crippen molar-refractivity contribution in [1.82, 2.24) is 5.32 Å². The third-order valence-corrected chi connectivity index (χ3v) is 6.83. The van der Waals surface area contributed by atoms with E-state index in [0.717, 1.165) is 24.2 Å². The highest BCUT2D eigenvalue weighted by Gasteiger charge is 2.23. The van der Waals surface area contributed by atoms with Gasteiger partial charge in [-0.25, -0.2) is 8.42 Å². The van der Waals surface area contributed by atoms with Gasteiger partial charge in [-0.2, -0.15) is 0 Å². The van der Waals surface area contributed by atoms with Crippen LogP contribution in [0.25, 0.3) is 0 Å². The van der Waals surface area contributed by atoms with Crippen LogP contribution in [0.4, 0.5) is 0 Å². The lowest BCUT2D eigenvalue weighted by Gasteiger charge is -2.28. The smallest absolute Gasteiger partial charge is 0.270 e. The summed E-state index contributed by atoms with van der Waals surface area (Å²) in [5, 5.41) is 4.49. The summed E-state index contributed by atoms with van der Waals surface area (Å²) in [7, 11) is 1.50. The van der Waals surface area contributed by atoms with E-state index in [1.807, 2.05) is 6.92 Å². The molecule has 20 heavy (non-hydrogen) atoms. The molecule has 1 saturated carbocycles. The van der Waals surface area contributed by atoms with Crippen molar-refractivity contribution in [3.8, 4) is 0 Å². The maximum absolute atomic E-state index is 12.1. The van der Waals surface area contributed by atoms with Gasteiger partial charge in [-0.15, -0.1) is 11.3 Å². The van der Waals surface area contributed by atoms with Crippen LogP contribution in [0.1, 0.15) is 49.4 Å². The molecule has 1 N–H and O–H groups in total. The minimum Gasteiger partial charge on any atom is -0.349 e. The molecule has 1 unspecified atom stereocenters. The standard InChI is InChI=1S/C13H18ClNO3S2/c1-9(10-5-3-2-4-6-10)15-13(16)11-7-12(19-8-11)20(14,17)18/h7-10H,2-6H2,1H3,(H,15,16). The van der Waals surface area contributed by atoms with Gasteiger partial charge in [0.1, 0.15) is 4.21 Å². The molecule has 1 aliphatic carbocycles. The van der Waals surface area contributed by atoms with Gasteiger partial charge in [-0.3, -0.25) is 4.79 Å². The van der Waals surface area contributed by atoms with E-state index in [0.29, 0.717) is 11.5 Å². The van der Waals surface area contributed by atoms with Crippen LogP contribution in [0.15, 0.2) is 15.7 Å². The lowest BCUT2D eigenvalue weighted by Crippen LogP contribution is -2.38. The zero-order valence-electron chi connectivity index (χ0n) is 11.3. The number of amides is 1. The number of carbonyl (C=O) groups excluding carboxylic acids is 1. The molecule has 112 valence electrons. The van der Waals surface area contributed by atoms with Gasteiger partial charge in [0.2, 0.25) is 0 Å². The van der Waals surface area contributed by atoms with E-state index in [4.69, 9.17) is 10.7 Å². The van der Waals surface area contributed by atoms with Crippen LogP contribution in [-0.2, 0) is 9.05 Å². The number of rotatable bonds is 4. The molecule has 1 amide bonds. The average Bonchev–Trinajstić information content (AvgIpc) is 2.89. The molecule has 2 rings (SSSR count). The minimum absolute atomic E-state index is 0.00892. The maximum Gasteiger partial charge on any atom is 0.270 e. The number of thiophene rings is 1. The predicted octanol–water partition coefficient (Wildman–Crippen LogP) is 3.37. The summed E-state index contributed by atoms with van der Waals surface area (Å²) >= 11 is 0.967. The van der Waals surface area contributed by atoms with Crippen molar-refractivity contribution in [1.29, 1.82) is 0 Å². The zero-order chi connectivity index (χ0) is 14.8. The largest absolute Gasteiger partial charge is 0.349 e. The van der Waals surface area contributed by atoms with Crippen molar-refractivity contribution >= 4 is 37.0 Å². The fourth-order valence-electron chi connectivity index (χ4n) is 2.61. The summed E-state index contributed by atoms with van der Waals surface area (Å²) < 4.78 is 22.4. The van der Waals surface area contributed by atoms with Crippen LogP contribution >= 0.6 is 22.0 Å². The van der Waals surface area contributed by atoms with Gasteiger partial charge < -0.3 is 5.32 Å². The quantitative estimate of drug-likeness (QED) is 0.858. The fraction of sp³-hybridized carbons (Fsp3) is 0.615. The molecule has 0 aromatic carbocycles. The summed E-state index contributed by atoms with van der Waals surface area (Å²) in [6, 6.07) is 1.44. The second kappa shape index (κ2) is 6.45. The zero-order valence-corrected chi connectivity index (χ0v) is 13.7. The van der Waals surface area contributed by atoms with E-state index in [9.17, 15) is 13.2 Å². The summed E-state index contributed by atoms with van der Waals surface area (Å²) in [5.74, 6) is 0.286.